The molecule has 23 heavy (non-hydrogen) atoms. The van der Waals surface area contributed by atoms with Gasteiger partial charge in [0, 0.05) is 18.9 Å². The van der Waals surface area contributed by atoms with E-state index in [9.17, 15) is 43.2 Å². The third kappa shape index (κ3) is 6.57. The second kappa shape index (κ2) is 7.31. The minimum absolute atomic E-state index is 0.493. The molecule has 1 heterocycles. The van der Waals surface area contributed by atoms with Crippen LogP contribution in [-0.2, 0) is 26.6 Å². The second-order valence-electron chi connectivity index (χ2n) is 3.53. The number of halogens is 6. The second-order valence-corrected chi connectivity index (χ2v) is 7.14. The first-order chi connectivity index (χ1) is 10.1. The van der Waals surface area contributed by atoms with Crippen LogP contribution < -0.4 is 4.13 Å². The molecule has 0 aliphatic rings. The summed E-state index contributed by atoms with van der Waals surface area (Å²) in [5.41, 5.74) is -12.3. The van der Waals surface area contributed by atoms with E-state index in [0.717, 1.165) is 6.54 Å². The van der Waals surface area contributed by atoms with Crippen LogP contribution in [0.4, 0.5) is 26.3 Å². The Morgan fingerprint density at radius 3 is 1.74 bits per heavy atom. The highest BCUT2D eigenvalue weighted by molar-refractivity contribution is 8.05. The molecule has 0 aromatic carbocycles. The lowest BCUT2D eigenvalue weighted by Crippen LogP contribution is -2.45. The number of imidazole rings is 1. The Balaban J connectivity index is 0.000000502. The number of hydrogen-bond acceptors (Lipinski definition) is 5. The van der Waals surface area contributed by atoms with E-state index in [1.807, 2.05) is 16.8 Å². The van der Waals surface area contributed by atoms with Gasteiger partial charge in [0.25, 0.3) is 0 Å². The van der Waals surface area contributed by atoms with Gasteiger partial charge >= 0.3 is 31.1 Å². The van der Waals surface area contributed by atoms with Crippen molar-refractivity contribution in [2.24, 2.45) is 0 Å². The quantitative estimate of drug-likeness (QED) is 0.619. The zero-order valence-corrected chi connectivity index (χ0v) is 12.5. The van der Waals surface area contributed by atoms with Gasteiger partial charge in [0.2, 0.25) is 0 Å². The van der Waals surface area contributed by atoms with Crippen molar-refractivity contribution < 1.29 is 43.2 Å². The largest absolute Gasteiger partial charge is 0.512 e. The molecule has 1 aromatic heterocycles. The van der Waals surface area contributed by atoms with E-state index in [1.165, 1.54) is 0 Å². The molecule has 134 valence electrons. The smallest absolute Gasteiger partial charge is 0.334 e. The molecule has 7 nitrogen and oxygen atoms in total. The van der Waals surface area contributed by atoms with E-state index >= 15 is 0 Å². The normalized spacial score (nSPS) is 13.1. The average molecular weight is 389 g/mol. The molecule has 1 N–H and O–H groups in total. The first-order valence-electron chi connectivity index (χ1n) is 5.12. The van der Waals surface area contributed by atoms with Gasteiger partial charge in [-0.15, -0.1) is 6.58 Å². The van der Waals surface area contributed by atoms with Crippen LogP contribution in [0.2, 0.25) is 0 Å². The Kier molecular flexibility index (Phi) is 6.80. The first kappa shape index (κ1) is 21.4. The van der Waals surface area contributed by atoms with Gasteiger partial charge in [-0.2, -0.15) is 26.3 Å². The average Bonchev–Trinajstić information content (AvgIpc) is 2.78. The van der Waals surface area contributed by atoms with Crippen LogP contribution in [0.25, 0.3) is 0 Å². The number of sulfonamides is 2. The molecule has 0 atom stereocenters. The van der Waals surface area contributed by atoms with Crippen LogP contribution in [0.5, 0.6) is 0 Å². The van der Waals surface area contributed by atoms with Crippen LogP contribution in [0.3, 0.4) is 0 Å². The lowest BCUT2D eigenvalue weighted by molar-refractivity contribution is -0.0476. The van der Waals surface area contributed by atoms with Crippen molar-refractivity contribution in [3.05, 3.63) is 31.4 Å². The van der Waals surface area contributed by atoms with E-state index in [-0.39, 0.29) is 0 Å². The lowest BCUT2D eigenvalue weighted by Gasteiger charge is -2.11. The van der Waals surface area contributed by atoms with E-state index in [0.29, 0.717) is 0 Å². The highest BCUT2D eigenvalue weighted by Crippen LogP contribution is 2.27. The standard InChI is InChI=1S/C6H8N2.C2HF6NO4S2/c1-2-4-8-5-3-7-6-8;3-1(4,5)14(10,11)9-15(12,13)2(6,7)8/h2-3,5-6H,1,4H2;9H. The number of nitrogens with one attached hydrogen (secondary N) is 1. The molecule has 1 aromatic rings. The van der Waals surface area contributed by atoms with Crippen LogP contribution in [-0.4, -0.2) is 37.4 Å². The summed E-state index contributed by atoms with van der Waals surface area (Å²) >= 11 is 0. The number of aromatic nitrogens is 2. The van der Waals surface area contributed by atoms with Gasteiger partial charge in [-0.3, -0.25) is 0 Å². The molecule has 0 unspecified atom stereocenters. The first-order valence-corrected chi connectivity index (χ1v) is 8.08. The van der Waals surface area contributed by atoms with Crippen molar-refractivity contribution in [2.45, 2.75) is 17.6 Å². The summed E-state index contributed by atoms with van der Waals surface area (Å²) < 4.78 is 110. The van der Waals surface area contributed by atoms with Crippen molar-refractivity contribution in [2.75, 3.05) is 0 Å². The van der Waals surface area contributed by atoms with Crippen LogP contribution in [0, 0.1) is 0 Å². The Labute approximate surface area is 126 Å². The summed E-state index contributed by atoms with van der Waals surface area (Å²) in [7, 11) is -13.2. The maximum absolute atomic E-state index is 11.5. The molecular formula is C8H9F6N3O4S2. The number of allylic oxidation sites excluding steroid dienone is 1. The van der Waals surface area contributed by atoms with Gasteiger partial charge in [0.15, 0.2) is 0 Å². The molecule has 1 rings (SSSR count). The Morgan fingerprint density at radius 2 is 1.48 bits per heavy atom. The third-order valence-electron chi connectivity index (χ3n) is 1.73. The van der Waals surface area contributed by atoms with Gasteiger partial charge in [-0.1, -0.05) is 10.2 Å². The topological polar surface area (TPSA) is 98.1 Å². The van der Waals surface area contributed by atoms with Crippen molar-refractivity contribution in [3.63, 3.8) is 0 Å². The SMILES string of the molecule is C=CCn1ccnc1.O=S(=O)(NS(=O)(=O)C(F)(F)F)C(F)(F)F. The highest BCUT2D eigenvalue weighted by Gasteiger charge is 2.55. The predicted molar refractivity (Wildman–Crippen MR) is 65.5 cm³/mol. The Bertz CT molecular complexity index is 664. The van der Waals surface area contributed by atoms with Gasteiger partial charge in [0.1, 0.15) is 0 Å². The molecule has 0 saturated carbocycles. The highest BCUT2D eigenvalue weighted by atomic mass is 32.3. The van der Waals surface area contributed by atoms with Crippen LogP contribution in [0.15, 0.2) is 31.4 Å². The van der Waals surface area contributed by atoms with Crippen molar-refractivity contribution >= 4 is 20.0 Å². The number of rotatable bonds is 4. The maximum atomic E-state index is 11.5. The fraction of sp³-hybridized carbons (Fsp3) is 0.375. The number of nitrogens with zero attached hydrogens (tertiary/aromatic N) is 2. The van der Waals surface area contributed by atoms with Crippen LogP contribution >= 0.6 is 0 Å². The van der Waals surface area contributed by atoms with E-state index in [1.54, 1.807) is 12.5 Å². The lowest BCUT2D eigenvalue weighted by atomic mass is 10.6. The zero-order chi connectivity index (χ0) is 18.5. The van der Waals surface area contributed by atoms with E-state index in [4.69, 9.17) is 0 Å². The zero-order valence-electron chi connectivity index (χ0n) is 10.8. The molecule has 0 spiro atoms. The fourth-order valence-corrected chi connectivity index (χ4v) is 2.69. The molecule has 0 aliphatic heterocycles. The van der Waals surface area contributed by atoms with E-state index < -0.39 is 35.2 Å². The monoisotopic (exact) mass is 389 g/mol. The van der Waals surface area contributed by atoms with Gasteiger partial charge < -0.3 is 4.57 Å². The molecule has 0 aliphatic carbocycles. The summed E-state index contributed by atoms with van der Waals surface area (Å²) in [6.07, 6.45) is 7.26. The van der Waals surface area contributed by atoms with Gasteiger partial charge in [0.05, 0.1) is 6.33 Å². The fourth-order valence-electron chi connectivity index (χ4n) is 0.783. The number of hydrogen-bond donors (Lipinski definition) is 1. The summed E-state index contributed by atoms with van der Waals surface area (Å²) in [6, 6.07) is 0. The van der Waals surface area contributed by atoms with Crippen molar-refractivity contribution in [3.8, 4) is 0 Å². The van der Waals surface area contributed by atoms with Crippen molar-refractivity contribution in [1.29, 1.82) is 0 Å². The molecule has 0 radical (unpaired) electrons. The minimum atomic E-state index is -6.60. The summed E-state index contributed by atoms with van der Waals surface area (Å²) in [6.45, 7) is 4.43. The number of alkyl halides is 6. The summed E-state index contributed by atoms with van der Waals surface area (Å²) in [4.78, 5) is 3.86. The predicted octanol–water partition coefficient (Wildman–Crippen LogP) is 1.34. The molecular weight excluding hydrogens is 380 g/mol. The van der Waals surface area contributed by atoms with E-state index in [2.05, 4.69) is 11.6 Å². The van der Waals surface area contributed by atoms with Crippen LogP contribution in [0.1, 0.15) is 0 Å². The summed E-state index contributed by atoms with van der Waals surface area (Å²) in [5.74, 6) is 0. The molecule has 0 amide bonds. The Hall–Kier alpha value is -1.61. The molecule has 0 bridgehead atoms. The Morgan fingerprint density at radius 1 is 1.04 bits per heavy atom. The molecule has 0 saturated heterocycles. The molecule has 15 heteroatoms. The minimum Gasteiger partial charge on any atom is -0.334 e. The molecule has 0 fully saturated rings. The maximum Gasteiger partial charge on any atom is 0.512 e. The van der Waals surface area contributed by atoms with Gasteiger partial charge in [-0.25, -0.2) is 21.8 Å². The third-order valence-corrected chi connectivity index (χ3v) is 4.70. The van der Waals surface area contributed by atoms with Crippen molar-refractivity contribution in [1.82, 2.24) is 13.7 Å². The van der Waals surface area contributed by atoms with Gasteiger partial charge in [-0.05, 0) is 0 Å². The summed E-state index contributed by atoms with van der Waals surface area (Å²) in [5, 5.41) is 0.